The second-order valence-corrected chi connectivity index (χ2v) is 7.47. The molecule has 1 aliphatic heterocycles. The molecule has 1 N–H and O–H groups in total. The number of nitrogens with zero attached hydrogens (tertiary/aromatic N) is 3. The Balaban J connectivity index is 1.35. The van der Waals surface area contributed by atoms with Gasteiger partial charge >= 0.3 is 0 Å². The van der Waals surface area contributed by atoms with Crippen LogP contribution in [0.3, 0.4) is 0 Å². The summed E-state index contributed by atoms with van der Waals surface area (Å²) < 4.78 is 5.50. The molecule has 0 saturated carbocycles. The number of hydrogen-bond donors (Lipinski definition) is 1. The lowest BCUT2D eigenvalue weighted by Gasteiger charge is -2.15. The Bertz CT molecular complexity index is 1060. The first-order valence-electron chi connectivity index (χ1n) is 10.3. The zero-order valence-corrected chi connectivity index (χ0v) is 17.4. The molecule has 0 bridgehead atoms. The van der Waals surface area contributed by atoms with Gasteiger partial charge in [0.15, 0.2) is 18.2 Å². The van der Waals surface area contributed by atoms with Gasteiger partial charge in [-0.1, -0.05) is 12.1 Å². The van der Waals surface area contributed by atoms with Crippen molar-refractivity contribution in [3.63, 3.8) is 0 Å². The van der Waals surface area contributed by atoms with Gasteiger partial charge in [-0.25, -0.2) is 0 Å². The maximum absolute atomic E-state index is 12.3. The van der Waals surface area contributed by atoms with Crippen LogP contribution in [0.25, 0.3) is 11.3 Å². The molecule has 31 heavy (non-hydrogen) atoms. The van der Waals surface area contributed by atoms with Gasteiger partial charge in [-0.15, -0.1) is 10.2 Å². The SMILES string of the molecule is CC(=O)c1ccc(OCC(=O)Nc2cccc(-c3ccc(N4CCCC4)nn3)c2)cc1. The minimum atomic E-state index is -0.275. The Morgan fingerprint density at radius 2 is 1.77 bits per heavy atom. The molecule has 0 aliphatic carbocycles. The highest BCUT2D eigenvalue weighted by Crippen LogP contribution is 2.23. The first-order valence-corrected chi connectivity index (χ1v) is 10.3. The summed E-state index contributed by atoms with van der Waals surface area (Å²) in [7, 11) is 0. The van der Waals surface area contributed by atoms with Gasteiger partial charge in [-0.3, -0.25) is 9.59 Å². The van der Waals surface area contributed by atoms with Crippen LogP contribution < -0.4 is 15.0 Å². The number of benzene rings is 2. The van der Waals surface area contributed by atoms with Crippen LogP contribution in [0.1, 0.15) is 30.1 Å². The second-order valence-electron chi connectivity index (χ2n) is 7.47. The molecule has 7 nitrogen and oxygen atoms in total. The van der Waals surface area contributed by atoms with E-state index in [1.165, 1.54) is 19.8 Å². The number of ether oxygens (including phenoxy) is 1. The Morgan fingerprint density at radius 1 is 1.00 bits per heavy atom. The molecule has 1 fully saturated rings. The van der Waals surface area contributed by atoms with Crippen molar-refractivity contribution < 1.29 is 14.3 Å². The van der Waals surface area contributed by atoms with Gasteiger partial charge < -0.3 is 15.0 Å². The van der Waals surface area contributed by atoms with E-state index >= 15 is 0 Å². The molecular weight excluding hydrogens is 392 g/mol. The van der Waals surface area contributed by atoms with Crippen molar-refractivity contribution in [1.82, 2.24) is 10.2 Å². The van der Waals surface area contributed by atoms with E-state index in [4.69, 9.17) is 4.74 Å². The summed E-state index contributed by atoms with van der Waals surface area (Å²) in [5.74, 6) is 1.14. The first kappa shape index (κ1) is 20.5. The summed E-state index contributed by atoms with van der Waals surface area (Å²) in [4.78, 5) is 25.8. The number of carbonyl (C=O) groups is 2. The van der Waals surface area contributed by atoms with E-state index in [1.54, 1.807) is 24.3 Å². The van der Waals surface area contributed by atoms with Crippen molar-refractivity contribution in [2.75, 3.05) is 29.9 Å². The van der Waals surface area contributed by atoms with Gasteiger partial charge in [0.25, 0.3) is 5.91 Å². The van der Waals surface area contributed by atoms with Crippen LogP contribution in [-0.4, -0.2) is 41.6 Å². The highest BCUT2D eigenvalue weighted by molar-refractivity contribution is 5.94. The fourth-order valence-corrected chi connectivity index (χ4v) is 3.48. The van der Waals surface area contributed by atoms with Crippen LogP contribution in [0.15, 0.2) is 60.7 Å². The smallest absolute Gasteiger partial charge is 0.262 e. The van der Waals surface area contributed by atoms with E-state index in [0.717, 1.165) is 30.2 Å². The average Bonchev–Trinajstić information content (AvgIpc) is 3.33. The van der Waals surface area contributed by atoms with E-state index in [0.29, 0.717) is 17.0 Å². The number of ketones is 1. The Hall–Kier alpha value is -3.74. The van der Waals surface area contributed by atoms with Crippen molar-refractivity contribution in [3.05, 3.63) is 66.2 Å². The molecule has 4 rings (SSSR count). The first-order chi connectivity index (χ1) is 15.1. The number of aromatic nitrogens is 2. The highest BCUT2D eigenvalue weighted by Gasteiger charge is 2.14. The molecule has 2 aromatic carbocycles. The Kier molecular flexibility index (Phi) is 6.21. The molecule has 1 aromatic heterocycles. The lowest BCUT2D eigenvalue weighted by molar-refractivity contribution is -0.118. The normalized spacial score (nSPS) is 13.1. The maximum Gasteiger partial charge on any atom is 0.262 e. The number of rotatable bonds is 7. The standard InChI is InChI=1S/C24H24N4O3/c1-17(29)18-7-9-21(10-8-18)31-16-24(30)25-20-6-4-5-19(15-20)22-11-12-23(27-26-22)28-13-2-3-14-28/h4-12,15H,2-3,13-14,16H2,1H3,(H,25,30). The van der Waals surface area contributed by atoms with E-state index in [2.05, 4.69) is 20.4 Å². The summed E-state index contributed by atoms with van der Waals surface area (Å²) >= 11 is 0. The lowest BCUT2D eigenvalue weighted by Crippen LogP contribution is -2.20. The molecule has 2 heterocycles. The molecule has 0 unspecified atom stereocenters. The molecule has 0 atom stereocenters. The third-order valence-corrected chi connectivity index (χ3v) is 5.15. The van der Waals surface area contributed by atoms with Crippen molar-refractivity contribution in [2.45, 2.75) is 19.8 Å². The summed E-state index contributed by atoms with van der Waals surface area (Å²) in [5.41, 5.74) is 2.88. The minimum Gasteiger partial charge on any atom is -0.484 e. The average molecular weight is 416 g/mol. The van der Waals surface area contributed by atoms with Crippen molar-refractivity contribution in [2.24, 2.45) is 0 Å². The van der Waals surface area contributed by atoms with Crippen LogP contribution in [-0.2, 0) is 4.79 Å². The summed E-state index contributed by atoms with van der Waals surface area (Å²) in [6.07, 6.45) is 2.39. The number of carbonyl (C=O) groups excluding carboxylic acids is 2. The predicted octanol–water partition coefficient (Wildman–Crippen LogP) is 3.96. The van der Waals surface area contributed by atoms with Gasteiger partial charge in [0.05, 0.1) is 5.69 Å². The van der Waals surface area contributed by atoms with Crippen LogP contribution in [0.2, 0.25) is 0 Å². The quantitative estimate of drug-likeness (QED) is 0.587. The van der Waals surface area contributed by atoms with Crippen LogP contribution in [0.5, 0.6) is 5.75 Å². The Labute approximate surface area is 181 Å². The van der Waals surface area contributed by atoms with E-state index < -0.39 is 0 Å². The third-order valence-electron chi connectivity index (χ3n) is 5.15. The monoisotopic (exact) mass is 416 g/mol. The zero-order valence-electron chi connectivity index (χ0n) is 17.4. The summed E-state index contributed by atoms with van der Waals surface area (Å²) in [6, 6.07) is 18.1. The number of amides is 1. The lowest BCUT2D eigenvalue weighted by atomic mass is 10.1. The molecule has 1 amide bonds. The number of hydrogen-bond acceptors (Lipinski definition) is 6. The van der Waals surface area contributed by atoms with Crippen LogP contribution in [0, 0.1) is 0 Å². The van der Waals surface area contributed by atoms with Gasteiger partial charge in [-0.2, -0.15) is 0 Å². The Morgan fingerprint density at radius 3 is 2.45 bits per heavy atom. The van der Waals surface area contributed by atoms with Crippen molar-refractivity contribution in [3.8, 4) is 17.0 Å². The van der Waals surface area contributed by atoms with E-state index in [1.807, 2.05) is 36.4 Å². The van der Waals surface area contributed by atoms with Crippen LogP contribution in [0.4, 0.5) is 11.5 Å². The van der Waals surface area contributed by atoms with Gasteiger partial charge in [0, 0.05) is 29.9 Å². The molecule has 1 saturated heterocycles. The molecule has 0 radical (unpaired) electrons. The summed E-state index contributed by atoms with van der Waals surface area (Å²) in [5, 5.41) is 11.5. The molecule has 158 valence electrons. The predicted molar refractivity (Wildman–Crippen MR) is 119 cm³/mol. The molecule has 3 aromatic rings. The van der Waals surface area contributed by atoms with Gasteiger partial charge in [0.1, 0.15) is 5.75 Å². The number of nitrogens with one attached hydrogen (secondary N) is 1. The van der Waals surface area contributed by atoms with E-state index in [-0.39, 0.29) is 18.3 Å². The minimum absolute atomic E-state index is 0.0143. The second kappa shape index (κ2) is 9.38. The zero-order chi connectivity index (χ0) is 21.6. The van der Waals surface area contributed by atoms with Crippen LogP contribution >= 0.6 is 0 Å². The maximum atomic E-state index is 12.3. The topological polar surface area (TPSA) is 84.4 Å². The largest absolute Gasteiger partial charge is 0.484 e. The fraction of sp³-hybridized carbons (Fsp3) is 0.250. The molecule has 7 heteroatoms. The van der Waals surface area contributed by atoms with Crippen molar-refractivity contribution in [1.29, 1.82) is 0 Å². The molecule has 0 spiro atoms. The van der Waals surface area contributed by atoms with Crippen molar-refractivity contribution >= 4 is 23.2 Å². The van der Waals surface area contributed by atoms with E-state index in [9.17, 15) is 9.59 Å². The molecule has 1 aliphatic rings. The third kappa shape index (κ3) is 5.25. The number of Topliss-reactive ketones (excluding diaryl/α,β-unsaturated/α-hetero) is 1. The van der Waals surface area contributed by atoms with Gasteiger partial charge in [-0.05, 0) is 68.3 Å². The number of anilines is 2. The highest BCUT2D eigenvalue weighted by atomic mass is 16.5. The fourth-order valence-electron chi connectivity index (χ4n) is 3.48. The summed E-state index contributed by atoms with van der Waals surface area (Å²) in [6.45, 7) is 3.43. The molecular formula is C24H24N4O3. The van der Waals surface area contributed by atoms with Gasteiger partial charge in [0.2, 0.25) is 0 Å².